The van der Waals surface area contributed by atoms with Gasteiger partial charge >= 0.3 is 6.18 Å². The van der Waals surface area contributed by atoms with Crippen LogP contribution in [-0.4, -0.2) is 28.1 Å². The quantitative estimate of drug-likeness (QED) is 0.708. The first kappa shape index (κ1) is 19.7. The van der Waals surface area contributed by atoms with E-state index in [9.17, 15) is 18.0 Å². The molecule has 1 amide bonds. The summed E-state index contributed by atoms with van der Waals surface area (Å²) in [5.41, 5.74) is 1.17. The third kappa shape index (κ3) is 5.25. The Balaban J connectivity index is 1.63. The molecule has 1 aliphatic rings. The molecule has 2 heterocycles. The molecule has 7 heteroatoms. The highest BCUT2D eigenvalue weighted by molar-refractivity contribution is 7.99. The van der Waals surface area contributed by atoms with Crippen molar-refractivity contribution in [2.24, 2.45) is 0 Å². The van der Waals surface area contributed by atoms with Gasteiger partial charge in [0.2, 0.25) is 5.91 Å². The van der Waals surface area contributed by atoms with Crippen molar-refractivity contribution in [2.75, 3.05) is 12.3 Å². The minimum absolute atomic E-state index is 0.0356. The highest BCUT2D eigenvalue weighted by atomic mass is 32.2. The number of pyridine rings is 1. The van der Waals surface area contributed by atoms with Gasteiger partial charge in [-0.1, -0.05) is 18.2 Å². The molecule has 0 bridgehead atoms. The van der Waals surface area contributed by atoms with Gasteiger partial charge in [-0.2, -0.15) is 13.2 Å². The molecule has 1 aliphatic heterocycles. The highest BCUT2D eigenvalue weighted by Crippen LogP contribution is 2.34. The Kier molecular flexibility index (Phi) is 6.42. The van der Waals surface area contributed by atoms with Crippen LogP contribution in [0.1, 0.15) is 42.0 Å². The number of thioether (sulfide) groups is 1. The van der Waals surface area contributed by atoms with E-state index in [0.29, 0.717) is 18.1 Å². The number of rotatable bonds is 5. The Labute approximate surface area is 161 Å². The van der Waals surface area contributed by atoms with Crippen molar-refractivity contribution in [2.45, 2.75) is 37.2 Å². The number of carbonyl (C=O) groups is 1. The van der Waals surface area contributed by atoms with Crippen LogP contribution in [0.4, 0.5) is 13.2 Å². The van der Waals surface area contributed by atoms with E-state index in [1.165, 1.54) is 23.9 Å². The van der Waals surface area contributed by atoms with Crippen LogP contribution in [0.2, 0.25) is 0 Å². The fourth-order valence-electron chi connectivity index (χ4n) is 3.29. The predicted octanol–water partition coefficient (Wildman–Crippen LogP) is 5.09. The van der Waals surface area contributed by atoms with Gasteiger partial charge in [-0.15, -0.1) is 11.8 Å². The lowest BCUT2D eigenvalue weighted by Gasteiger charge is -2.36. The van der Waals surface area contributed by atoms with Crippen molar-refractivity contribution in [1.82, 2.24) is 9.88 Å². The van der Waals surface area contributed by atoms with Crippen molar-refractivity contribution in [3.05, 3.63) is 65.5 Å². The number of hydrogen-bond donors (Lipinski definition) is 0. The molecule has 1 saturated heterocycles. The molecule has 1 fully saturated rings. The smallest absolute Gasteiger partial charge is 0.335 e. The molecule has 0 spiro atoms. The zero-order valence-corrected chi connectivity index (χ0v) is 15.6. The average molecular weight is 394 g/mol. The Hall–Kier alpha value is -2.02. The van der Waals surface area contributed by atoms with Gasteiger partial charge in [-0.25, -0.2) is 0 Å². The largest absolute Gasteiger partial charge is 0.416 e. The number of amides is 1. The van der Waals surface area contributed by atoms with Gasteiger partial charge < -0.3 is 4.90 Å². The minimum Gasteiger partial charge on any atom is -0.335 e. The Morgan fingerprint density at radius 1 is 1.19 bits per heavy atom. The van der Waals surface area contributed by atoms with E-state index in [2.05, 4.69) is 4.98 Å². The van der Waals surface area contributed by atoms with Gasteiger partial charge in [-0.05, 0) is 48.6 Å². The maximum absolute atomic E-state index is 12.8. The first-order valence-electron chi connectivity index (χ1n) is 8.88. The predicted molar refractivity (Wildman–Crippen MR) is 100 cm³/mol. The van der Waals surface area contributed by atoms with E-state index in [0.717, 1.165) is 42.5 Å². The van der Waals surface area contributed by atoms with Crippen molar-refractivity contribution in [3.63, 3.8) is 0 Å². The summed E-state index contributed by atoms with van der Waals surface area (Å²) in [7, 11) is 0. The Bertz CT molecular complexity index is 750. The van der Waals surface area contributed by atoms with E-state index in [1.54, 1.807) is 12.4 Å². The van der Waals surface area contributed by atoms with Crippen molar-refractivity contribution >= 4 is 17.7 Å². The fraction of sp³-hybridized carbons (Fsp3) is 0.400. The second kappa shape index (κ2) is 8.78. The lowest BCUT2D eigenvalue weighted by molar-refractivity contribution is -0.137. The summed E-state index contributed by atoms with van der Waals surface area (Å²) >= 11 is 1.53. The van der Waals surface area contributed by atoms with Crippen molar-refractivity contribution < 1.29 is 18.0 Å². The molecular formula is C20H21F3N2OS. The van der Waals surface area contributed by atoms with Crippen LogP contribution < -0.4 is 0 Å². The minimum atomic E-state index is -4.34. The van der Waals surface area contributed by atoms with E-state index in [-0.39, 0.29) is 11.9 Å². The molecule has 27 heavy (non-hydrogen) atoms. The summed E-state index contributed by atoms with van der Waals surface area (Å²) < 4.78 is 38.3. The van der Waals surface area contributed by atoms with Crippen LogP contribution in [0.3, 0.4) is 0 Å². The lowest BCUT2D eigenvalue weighted by atomic mass is 9.94. The summed E-state index contributed by atoms with van der Waals surface area (Å²) in [4.78, 5) is 18.6. The summed E-state index contributed by atoms with van der Waals surface area (Å²) in [5, 5.41) is 0. The van der Waals surface area contributed by atoms with Gasteiger partial charge in [0.1, 0.15) is 0 Å². The molecule has 0 N–H and O–H groups in total. The van der Waals surface area contributed by atoms with E-state index >= 15 is 0 Å². The number of piperidine rings is 1. The molecule has 1 aromatic carbocycles. The zero-order chi connectivity index (χ0) is 19.3. The first-order valence-corrected chi connectivity index (χ1v) is 10.0. The van der Waals surface area contributed by atoms with Crippen LogP contribution in [-0.2, 0) is 16.7 Å². The molecule has 3 nitrogen and oxygen atoms in total. The van der Waals surface area contributed by atoms with E-state index in [1.807, 2.05) is 17.0 Å². The van der Waals surface area contributed by atoms with Crippen molar-refractivity contribution in [3.8, 4) is 0 Å². The number of halogens is 3. The monoisotopic (exact) mass is 394 g/mol. The molecule has 1 aromatic heterocycles. The molecule has 2 aromatic rings. The van der Waals surface area contributed by atoms with E-state index in [4.69, 9.17) is 0 Å². The number of benzene rings is 1. The number of likely N-dealkylation sites (tertiary alicyclic amines) is 1. The number of alkyl halides is 3. The Morgan fingerprint density at radius 3 is 2.63 bits per heavy atom. The fourth-order valence-corrected chi connectivity index (χ4v) is 4.14. The van der Waals surface area contributed by atoms with Crippen LogP contribution in [0, 0.1) is 0 Å². The van der Waals surface area contributed by atoms with Gasteiger partial charge in [0.05, 0.1) is 17.4 Å². The second-order valence-electron chi connectivity index (χ2n) is 6.57. The molecular weight excluding hydrogens is 373 g/mol. The molecule has 3 rings (SSSR count). The van der Waals surface area contributed by atoms with Crippen LogP contribution in [0.5, 0.6) is 0 Å². The van der Waals surface area contributed by atoms with Gasteiger partial charge in [0.25, 0.3) is 0 Å². The number of aromatic nitrogens is 1. The number of hydrogen-bond acceptors (Lipinski definition) is 3. The summed E-state index contributed by atoms with van der Waals surface area (Å²) in [6, 6.07) is 8.89. The Morgan fingerprint density at radius 2 is 1.96 bits per heavy atom. The van der Waals surface area contributed by atoms with Crippen LogP contribution in [0.15, 0.2) is 48.8 Å². The number of nitrogens with zero attached hydrogens (tertiary/aromatic N) is 2. The lowest BCUT2D eigenvalue weighted by Crippen LogP contribution is -2.39. The zero-order valence-electron chi connectivity index (χ0n) is 14.8. The van der Waals surface area contributed by atoms with Gasteiger partial charge in [0.15, 0.2) is 0 Å². The SMILES string of the molecule is O=C(CSCc1cccnc1)N1CCCC[C@H]1c1ccc(C(F)(F)F)cc1. The summed E-state index contributed by atoms with van der Waals surface area (Å²) in [6.07, 6.45) is 1.83. The topological polar surface area (TPSA) is 33.2 Å². The molecule has 144 valence electrons. The van der Waals surface area contributed by atoms with Crippen molar-refractivity contribution in [1.29, 1.82) is 0 Å². The average Bonchev–Trinajstić information content (AvgIpc) is 2.68. The third-order valence-corrected chi connectivity index (χ3v) is 5.65. The van der Waals surface area contributed by atoms with Crippen LogP contribution >= 0.6 is 11.8 Å². The number of carbonyl (C=O) groups excluding carboxylic acids is 1. The maximum Gasteiger partial charge on any atom is 0.416 e. The molecule has 0 saturated carbocycles. The van der Waals surface area contributed by atoms with Gasteiger partial charge in [-0.3, -0.25) is 9.78 Å². The molecule has 0 unspecified atom stereocenters. The molecule has 1 atom stereocenters. The maximum atomic E-state index is 12.8. The van der Waals surface area contributed by atoms with Gasteiger partial charge in [0, 0.05) is 24.7 Å². The second-order valence-corrected chi connectivity index (χ2v) is 7.56. The normalized spacial score (nSPS) is 17.7. The summed E-state index contributed by atoms with van der Waals surface area (Å²) in [6.45, 7) is 0.651. The third-order valence-electron chi connectivity index (χ3n) is 4.66. The summed E-state index contributed by atoms with van der Waals surface area (Å²) in [5.74, 6) is 1.10. The molecule has 0 radical (unpaired) electrons. The highest BCUT2D eigenvalue weighted by Gasteiger charge is 2.32. The first-order chi connectivity index (χ1) is 12.9. The standard InChI is InChI=1S/C20H21F3N2OS/c21-20(22,23)17-8-6-16(7-9-17)18-5-1-2-11-25(18)19(26)14-27-13-15-4-3-10-24-12-15/h3-4,6-10,12,18H,1-2,5,11,13-14H2/t18-/m0/s1. The molecule has 0 aliphatic carbocycles. The van der Waals surface area contributed by atoms with E-state index < -0.39 is 11.7 Å². The van der Waals surface area contributed by atoms with Crippen LogP contribution in [0.25, 0.3) is 0 Å².